The molecular formula is C19H26N2O3. The Kier molecular flexibility index (Phi) is 4.28. The predicted octanol–water partition coefficient (Wildman–Crippen LogP) is 3.50. The number of hydrogen-bond acceptors (Lipinski definition) is 3. The van der Waals surface area contributed by atoms with Gasteiger partial charge in [0.1, 0.15) is 5.60 Å². The van der Waals surface area contributed by atoms with E-state index in [0.29, 0.717) is 13.0 Å². The Labute approximate surface area is 143 Å². The summed E-state index contributed by atoms with van der Waals surface area (Å²) in [5.41, 5.74) is 2.85. The van der Waals surface area contributed by atoms with E-state index in [2.05, 4.69) is 6.07 Å². The lowest BCUT2D eigenvalue weighted by molar-refractivity contribution is -0.117. The van der Waals surface area contributed by atoms with E-state index < -0.39 is 5.60 Å². The number of fused-ring (bicyclic) bond motifs is 1. The highest BCUT2D eigenvalue weighted by Gasteiger charge is 2.31. The first-order chi connectivity index (χ1) is 11.2. The molecule has 3 rings (SSSR count). The van der Waals surface area contributed by atoms with Crippen LogP contribution >= 0.6 is 0 Å². The molecule has 1 aromatic rings. The van der Waals surface area contributed by atoms with E-state index in [9.17, 15) is 9.59 Å². The van der Waals surface area contributed by atoms with Crippen molar-refractivity contribution in [3.05, 3.63) is 29.3 Å². The molecule has 5 heteroatoms. The largest absolute Gasteiger partial charge is 0.444 e. The SMILES string of the molecule is CC1Cc2cc(N3CCCC3=O)ccc2CN1C(=O)OC(C)(C)C. The molecule has 130 valence electrons. The first kappa shape index (κ1) is 16.8. The van der Waals surface area contributed by atoms with Crippen molar-refractivity contribution in [1.82, 2.24) is 4.90 Å². The van der Waals surface area contributed by atoms with Crippen molar-refractivity contribution in [2.75, 3.05) is 11.4 Å². The number of amides is 2. The Bertz CT molecular complexity index is 663. The number of benzene rings is 1. The third-order valence-electron chi connectivity index (χ3n) is 4.59. The summed E-state index contributed by atoms with van der Waals surface area (Å²) in [4.78, 5) is 28.0. The number of ether oxygens (including phenoxy) is 1. The number of rotatable bonds is 1. The van der Waals surface area contributed by atoms with Crippen molar-refractivity contribution in [3.8, 4) is 0 Å². The summed E-state index contributed by atoms with van der Waals surface area (Å²) in [7, 11) is 0. The van der Waals surface area contributed by atoms with E-state index in [1.165, 1.54) is 5.56 Å². The molecule has 24 heavy (non-hydrogen) atoms. The summed E-state index contributed by atoms with van der Waals surface area (Å²) in [5, 5.41) is 0. The van der Waals surface area contributed by atoms with Gasteiger partial charge in [-0.25, -0.2) is 4.79 Å². The molecule has 0 saturated carbocycles. The fraction of sp³-hybridized carbons (Fsp3) is 0.579. The highest BCUT2D eigenvalue weighted by atomic mass is 16.6. The van der Waals surface area contributed by atoms with Gasteiger partial charge < -0.3 is 14.5 Å². The Morgan fingerprint density at radius 3 is 2.62 bits per heavy atom. The van der Waals surface area contributed by atoms with E-state index >= 15 is 0 Å². The second-order valence-corrected chi connectivity index (χ2v) is 7.76. The lowest BCUT2D eigenvalue weighted by Gasteiger charge is -2.36. The maximum Gasteiger partial charge on any atom is 0.410 e. The molecule has 1 aromatic carbocycles. The zero-order chi connectivity index (χ0) is 17.5. The summed E-state index contributed by atoms with van der Waals surface area (Å²) in [6.45, 7) is 9.05. The predicted molar refractivity (Wildman–Crippen MR) is 93.0 cm³/mol. The second-order valence-electron chi connectivity index (χ2n) is 7.76. The van der Waals surface area contributed by atoms with Crippen molar-refractivity contribution in [3.63, 3.8) is 0 Å². The minimum absolute atomic E-state index is 0.0804. The minimum Gasteiger partial charge on any atom is -0.444 e. The Morgan fingerprint density at radius 1 is 1.25 bits per heavy atom. The fourth-order valence-corrected chi connectivity index (χ4v) is 3.38. The molecule has 2 aliphatic rings. The summed E-state index contributed by atoms with van der Waals surface area (Å²) in [6, 6.07) is 6.23. The van der Waals surface area contributed by atoms with Crippen LogP contribution in [0.5, 0.6) is 0 Å². The van der Waals surface area contributed by atoms with Crippen LogP contribution in [-0.4, -0.2) is 35.1 Å². The molecule has 1 fully saturated rings. The molecule has 0 spiro atoms. The summed E-state index contributed by atoms with van der Waals surface area (Å²) in [6.07, 6.45) is 2.09. The summed E-state index contributed by atoms with van der Waals surface area (Å²) in [5.74, 6) is 0.203. The van der Waals surface area contributed by atoms with Gasteiger partial charge in [0, 0.05) is 31.2 Å². The van der Waals surface area contributed by atoms with Crippen molar-refractivity contribution in [2.24, 2.45) is 0 Å². The molecule has 0 radical (unpaired) electrons. The quantitative estimate of drug-likeness (QED) is 0.792. The molecule has 0 N–H and O–H groups in total. The van der Waals surface area contributed by atoms with E-state index in [-0.39, 0.29) is 18.0 Å². The highest BCUT2D eigenvalue weighted by Crippen LogP contribution is 2.30. The molecule has 0 aliphatic carbocycles. The van der Waals surface area contributed by atoms with Crippen molar-refractivity contribution < 1.29 is 14.3 Å². The van der Waals surface area contributed by atoms with Gasteiger partial charge in [0.15, 0.2) is 0 Å². The van der Waals surface area contributed by atoms with Gasteiger partial charge in [-0.3, -0.25) is 4.79 Å². The van der Waals surface area contributed by atoms with Gasteiger partial charge >= 0.3 is 6.09 Å². The van der Waals surface area contributed by atoms with Crippen LogP contribution in [-0.2, 0) is 22.5 Å². The first-order valence-corrected chi connectivity index (χ1v) is 8.66. The van der Waals surface area contributed by atoms with Crippen LogP contribution in [0.3, 0.4) is 0 Å². The zero-order valence-electron chi connectivity index (χ0n) is 15.0. The molecule has 0 bridgehead atoms. The van der Waals surface area contributed by atoms with E-state index in [1.54, 1.807) is 4.90 Å². The number of hydrogen-bond donors (Lipinski definition) is 0. The van der Waals surface area contributed by atoms with Crippen molar-refractivity contribution in [2.45, 2.75) is 65.1 Å². The molecule has 2 aliphatic heterocycles. The van der Waals surface area contributed by atoms with Gasteiger partial charge in [-0.1, -0.05) is 6.07 Å². The normalized spacial score (nSPS) is 21.0. The van der Waals surface area contributed by atoms with Crippen LogP contribution in [0.1, 0.15) is 51.7 Å². The average molecular weight is 330 g/mol. The van der Waals surface area contributed by atoms with Crippen molar-refractivity contribution in [1.29, 1.82) is 0 Å². The maximum absolute atomic E-state index is 12.4. The summed E-state index contributed by atoms with van der Waals surface area (Å²) < 4.78 is 5.52. The van der Waals surface area contributed by atoms with Gasteiger partial charge in [-0.2, -0.15) is 0 Å². The molecular weight excluding hydrogens is 304 g/mol. The van der Waals surface area contributed by atoms with E-state index in [4.69, 9.17) is 4.74 Å². The molecule has 1 saturated heterocycles. The average Bonchev–Trinajstić information content (AvgIpc) is 2.90. The van der Waals surface area contributed by atoms with Gasteiger partial charge in [0.2, 0.25) is 5.91 Å². The standard InChI is InChI=1S/C19H26N2O3/c1-13-10-15-11-16(20-9-5-6-17(20)22)8-7-14(15)12-21(13)18(23)24-19(2,3)4/h7-8,11,13H,5-6,9-10,12H2,1-4H3. The number of carbonyl (C=O) groups excluding carboxylic acids is 2. The zero-order valence-corrected chi connectivity index (χ0v) is 15.0. The highest BCUT2D eigenvalue weighted by molar-refractivity contribution is 5.95. The van der Waals surface area contributed by atoms with Gasteiger partial charge in [0.05, 0.1) is 0 Å². The minimum atomic E-state index is -0.489. The van der Waals surface area contributed by atoms with Gasteiger partial charge in [-0.05, 0) is 63.8 Å². The number of carbonyl (C=O) groups is 2. The van der Waals surface area contributed by atoms with Crippen LogP contribution < -0.4 is 4.90 Å². The molecule has 5 nitrogen and oxygen atoms in total. The Hall–Kier alpha value is -2.04. The van der Waals surface area contributed by atoms with E-state index in [1.807, 2.05) is 44.7 Å². The molecule has 0 aromatic heterocycles. The fourth-order valence-electron chi connectivity index (χ4n) is 3.38. The van der Waals surface area contributed by atoms with Crippen LogP contribution in [0.2, 0.25) is 0 Å². The first-order valence-electron chi connectivity index (χ1n) is 8.66. The Balaban J connectivity index is 1.79. The molecule has 1 unspecified atom stereocenters. The van der Waals surface area contributed by atoms with Crippen LogP contribution in [0.25, 0.3) is 0 Å². The lowest BCUT2D eigenvalue weighted by atomic mass is 9.94. The third-order valence-corrected chi connectivity index (χ3v) is 4.59. The lowest BCUT2D eigenvalue weighted by Crippen LogP contribution is -2.45. The molecule has 1 atom stereocenters. The van der Waals surface area contributed by atoms with Crippen LogP contribution in [0.4, 0.5) is 10.5 Å². The maximum atomic E-state index is 12.4. The topological polar surface area (TPSA) is 49.9 Å². The Morgan fingerprint density at radius 2 is 2.00 bits per heavy atom. The summed E-state index contributed by atoms with van der Waals surface area (Å²) >= 11 is 0. The third kappa shape index (κ3) is 3.40. The number of anilines is 1. The second kappa shape index (κ2) is 6.11. The van der Waals surface area contributed by atoms with E-state index in [0.717, 1.165) is 30.6 Å². The smallest absolute Gasteiger partial charge is 0.410 e. The van der Waals surface area contributed by atoms with Gasteiger partial charge in [0.25, 0.3) is 0 Å². The van der Waals surface area contributed by atoms with Crippen LogP contribution in [0.15, 0.2) is 18.2 Å². The van der Waals surface area contributed by atoms with Crippen molar-refractivity contribution >= 4 is 17.7 Å². The number of nitrogens with zero attached hydrogens (tertiary/aromatic N) is 2. The molecule has 2 amide bonds. The molecule has 2 heterocycles. The van der Waals surface area contributed by atoms with Crippen LogP contribution in [0, 0.1) is 0 Å². The van der Waals surface area contributed by atoms with Gasteiger partial charge in [-0.15, -0.1) is 0 Å². The monoisotopic (exact) mass is 330 g/mol.